The Morgan fingerprint density at radius 1 is 0.909 bits per heavy atom. The maximum Gasteiger partial charge on any atom is 0.236 e. The lowest BCUT2D eigenvalue weighted by atomic mass is 10.00. The van der Waals surface area contributed by atoms with Crippen LogP contribution >= 0.6 is 0 Å². The summed E-state index contributed by atoms with van der Waals surface area (Å²) >= 11 is 0. The molecule has 0 saturated heterocycles. The molecule has 1 saturated carbocycles. The van der Waals surface area contributed by atoms with Crippen molar-refractivity contribution in [2.45, 2.75) is 25.2 Å². The summed E-state index contributed by atoms with van der Waals surface area (Å²) in [6.07, 6.45) is 1.29. The lowest BCUT2D eigenvalue weighted by Gasteiger charge is -2.16. The second-order valence-electron chi connectivity index (χ2n) is 7.78. The highest BCUT2D eigenvalue weighted by atomic mass is 16.5. The van der Waals surface area contributed by atoms with Gasteiger partial charge >= 0.3 is 0 Å². The van der Waals surface area contributed by atoms with Crippen molar-refractivity contribution >= 4 is 23.2 Å². The van der Waals surface area contributed by atoms with E-state index in [0.29, 0.717) is 52.9 Å². The largest absolute Gasteiger partial charge is 0.495 e. The van der Waals surface area contributed by atoms with Gasteiger partial charge in [-0.25, -0.2) is 0 Å². The molecule has 1 heterocycles. The van der Waals surface area contributed by atoms with Crippen LogP contribution in [0, 0.1) is 0 Å². The van der Waals surface area contributed by atoms with Crippen molar-refractivity contribution in [3.05, 3.63) is 48.2 Å². The molecular weight excluding hydrogens is 426 g/mol. The van der Waals surface area contributed by atoms with Crippen molar-refractivity contribution in [2.24, 2.45) is 0 Å². The molecule has 2 N–H and O–H groups in total. The molecule has 1 aromatic heterocycles. The Labute approximate surface area is 191 Å². The molecule has 1 aliphatic rings. The predicted molar refractivity (Wildman–Crippen MR) is 122 cm³/mol. The second-order valence-corrected chi connectivity index (χ2v) is 7.78. The van der Waals surface area contributed by atoms with Crippen molar-refractivity contribution in [3.63, 3.8) is 0 Å². The van der Waals surface area contributed by atoms with Gasteiger partial charge in [-0.3, -0.25) is 9.59 Å². The van der Waals surface area contributed by atoms with E-state index in [9.17, 15) is 9.59 Å². The Balaban J connectivity index is 1.57. The molecule has 1 fully saturated rings. The maximum atomic E-state index is 13.3. The van der Waals surface area contributed by atoms with E-state index >= 15 is 0 Å². The maximum absolute atomic E-state index is 13.3. The molecule has 0 atom stereocenters. The van der Waals surface area contributed by atoms with Crippen LogP contribution in [0.4, 0.5) is 11.4 Å². The monoisotopic (exact) mass is 451 g/mol. The van der Waals surface area contributed by atoms with Gasteiger partial charge in [0.2, 0.25) is 11.8 Å². The summed E-state index contributed by atoms with van der Waals surface area (Å²) in [5, 5.41) is 9.82. The zero-order valence-corrected chi connectivity index (χ0v) is 18.9. The van der Waals surface area contributed by atoms with Crippen LogP contribution in [0.15, 0.2) is 47.0 Å². The molecule has 3 aromatic rings. The Kier molecular flexibility index (Phi) is 5.95. The van der Waals surface area contributed by atoms with Gasteiger partial charge in [0.1, 0.15) is 5.75 Å². The number of hydrogen-bond acceptors (Lipinski definition) is 7. The van der Waals surface area contributed by atoms with Crippen molar-refractivity contribution in [3.8, 4) is 28.6 Å². The van der Waals surface area contributed by atoms with Gasteiger partial charge in [-0.2, -0.15) is 0 Å². The van der Waals surface area contributed by atoms with Gasteiger partial charge in [0.25, 0.3) is 0 Å². The summed E-state index contributed by atoms with van der Waals surface area (Å²) in [5.74, 6) is 1.76. The Morgan fingerprint density at radius 3 is 2.24 bits per heavy atom. The average Bonchev–Trinajstić information content (AvgIpc) is 3.48. The summed E-state index contributed by atoms with van der Waals surface area (Å²) in [6.45, 7) is 1.42. The van der Waals surface area contributed by atoms with Gasteiger partial charge in [0.15, 0.2) is 17.3 Å². The molecule has 2 amide bonds. The van der Waals surface area contributed by atoms with Crippen LogP contribution in [-0.2, 0) is 15.0 Å². The number of methoxy groups -OCH3 is 3. The summed E-state index contributed by atoms with van der Waals surface area (Å²) in [7, 11) is 4.65. The summed E-state index contributed by atoms with van der Waals surface area (Å²) in [6, 6.07) is 12.2. The van der Waals surface area contributed by atoms with Gasteiger partial charge in [0, 0.05) is 24.2 Å². The normalized spacial score (nSPS) is 13.7. The Morgan fingerprint density at radius 2 is 1.61 bits per heavy atom. The molecule has 172 valence electrons. The highest BCUT2D eigenvalue weighted by molar-refractivity contribution is 6.02. The number of hydrogen-bond donors (Lipinski definition) is 2. The third kappa shape index (κ3) is 4.34. The van der Waals surface area contributed by atoms with Gasteiger partial charge in [0.05, 0.1) is 38.1 Å². The lowest BCUT2D eigenvalue weighted by Crippen LogP contribution is -2.28. The van der Waals surface area contributed by atoms with Gasteiger partial charge in [-0.1, -0.05) is 5.16 Å². The Hall–Kier alpha value is -4.01. The number of ether oxygens (including phenoxy) is 3. The molecule has 33 heavy (non-hydrogen) atoms. The average molecular weight is 451 g/mol. The molecule has 4 rings (SSSR count). The van der Waals surface area contributed by atoms with Crippen LogP contribution < -0.4 is 24.8 Å². The van der Waals surface area contributed by atoms with E-state index in [1.54, 1.807) is 50.6 Å². The fourth-order valence-electron chi connectivity index (χ4n) is 3.68. The number of aromatic nitrogens is 1. The van der Waals surface area contributed by atoms with E-state index in [1.807, 2.05) is 6.07 Å². The van der Waals surface area contributed by atoms with Crippen molar-refractivity contribution < 1.29 is 28.3 Å². The summed E-state index contributed by atoms with van der Waals surface area (Å²) < 4.78 is 21.6. The second kappa shape index (κ2) is 8.85. The van der Waals surface area contributed by atoms with Gasteiger partial charge < -0.3 is 29.4 Å². The summed E-state index contributed by atoms with van der Waals surface area (Å²) in [5.41, 5.74) is 1.55. The van der Waals surface area contributed by atoms with Gasteiger partial charge in [-0.15, -0.1) is 0 Å². The van der Waals surface area contributed by atoms with Crippen LogP contribution in [0.25, 0.3) is 11.3 Å². The molecule has 9 heteroatoms. The molecule has 0 bridgehead atoms. The number of anilines is 2. The zero-order chi connectivity index (χ0) is 23.6. The van der Waals surface area contributed by atoms with Crippen molar-refractivity contribution in [1.29, 1.82) is 0 Å². The quantitative estimate of drug-likeness (QED) is 0.532. The fraction of sp³-hybridized carbons (Fsp3) is 0.292. The number of rotatable bonds is 8. The molecule has 1 aliphatic carbocycles. The van der Waals surface area contributed by atoms with Crippen LogP contribution in [0.5, 0.6) is 17.2 Å². The SMILES string of the molecule is COc1ccc(NC(C)=O)cc1NC(=O)C1(c2cc(-c3ccc(OC)c(OC)c3)on2)CC1. The third-order valence-electron chi connectivity index (χ3n) is 5.62. The number of benzene rings is 2. The molecular formula is C24H25N3O6. The number of nitrogens with zero attached hydrogens (tertiary/aromatic N) is 1. The molecule has 0 unspecified atom stereocenters. The smallest absolute Gasteiger partial charge is 0.236 e. The highest BCUT2D eigenvalue weighted by Gasteiger charge is 2.54. The number of carbonyl (C=O) groups excluding carboxylic acids is 2. The number of amides is 2. The summed E-state index contributed by atoms with van der Waals surface area (Å²) in [4.78, 5) is 24.6. The van der Waals surface area contributed by atoms with E-state index in [0.717, 1.165) is 5.56 Å². The Bertz CT molecular complexity index is 1200. The molecule has 2 aromatic carbocycles. The molecule has 0 aliphatic heterocycles. The highest BCUT2D eigenvalue weighted by Crippen LogP contribution is 2.49. The van der Waals surface area contributed by atoms with E-state index < -0.39 is 5.41 Å². The zero-order valence-electron chi connectivity index (χ0n) is 18.9. The number of carbonyl (C=O) groups is 2. The van der Waals surface area contributed by atoms with Crippen LogP contribution in [-0.4, -0.2) is 38.3 Å². The van der Waals surface area contributed by atoms with Gasteiger partial charge in [-0.05, 0) is 49.2 Å². The van der Waals surface area contributed by atoms with E-state index in [4.69, 9.17) is 18.7 Å². The third-order valence-corrected chi connectivity index (χ3v) is 5.62. The first-order chi connectivity index (χ1) is 15.9. The molecule has 0 spiro atoms. The minimum Gasteiger partial charge on any atom is -0.495 e. The number of nitrogens with one attached hydrogen (secondary N) is 2. The van der Waals surface area contributed by atoms with Crippen LogP contribution in [0.2, 0.25) is 0 Å². The van der Waals surface area contributed by atoms with E-state index in [-0.39, 0.29) is 11.8 Å². The van der Waals surface area contributed by atoms with E-state index in [2.05, 4.69) is 15.8 Å². The lowest BCUT2D eigenvalue weighted by molar-refractivity contribution is -0.118. The first-order valence-corrected chi connectivity index (χ1v) is 10.4. The van der Waals surface area contributed by atoms with Crippen molar-refractivity contribution in [2.75, 3.05) is 32.0 Å². The van der Waals surface area contributed by atoms with Crippen LogP contribution in [0.3, 0.4) is 0 Å². The molecule has 0 radical (unpaired) electrons. The minimum absolute atomic E-state index is 0.207. The van der Waals surface area contributed by atoms with E-state index in [1.165, 1.54) is 14.0 Å². The van der Waals surface area contributed by atoms with Crippen LogP contribution in [0.1, 0.15) is 25.5 Å². The van der Waals surface area contributed by atoms with Crippen molar-refractivity contribution in [1.82, 2.24) is 5.16 Å². The topological polar surface area (TPSA) is 112 Å². The first-order valence-electron chi connectivity index (χ1n) is 10.4. The first kappa shape index (κ1) is 22.2. The predicted octanol–water partition coefficient (Wildman–Crippen LogP) is 4.00. The molecule has 9 nitrogen and oxygen atoms in total. The fourth-order valence-corrected chi connectivity index (χ4v) is 3.68. The minimum atomic E-state index is -0.784. The standard InChI is InChI=1S/C24H25N3O6/c1-14(28)25-16-6-8-18(30-2)17(12-16)26-23(29)24(9-10-24)22-13-20(33-27-22)15-5-7-19(31-3)21(11-15)32-4/h5-8,11-13H,9-10H2,1-4H3,(H,25,28)(H,26,29).